The number of aryl methyl sites for hydroxylation is 3. The van der Waals surface area contributed by atoms with Crippen LogP contribution in [0.4, 0.5) is 8.63 Å². The van der Waals surface area contributed by atoms with E-state index in [0.29, 0.717) is 40.7 Å². The summed E-state index contributed by atoms with van der Waals surface area (Å²) < 4.78 is 34.2. The maximum Gasteiger partial charge on any atom is 0.737 e. The Balaban J connectivity index is 2.31. The highest BCUT2D eigenvalue weighted by Crippen LogP contribution is 2.47. The van der Waals surface area contributed by atoms with E-state index in [9.17, 15) is 9.59 Å². The lowest BCUT2D eigenvalue weighted by atomic mass is 9.81. The Labute approximate surface area is 180 Å². The van der Waals surface area contributed by atoms with Crippen molar-refractivity contribution in [2.45, 2.75) is 48.5 Å². The molecule has 0 saturated heterocycles. The van der Waals surface area contributed by atoms with Crippen molar-refractivity contribution in [2.24, 2.45) is 0 Å². The fourth-order valence-corrected chi connectivity index (χ4v) is 5.53. The molecule has 1 aromatic heterocycles. The van der Waals surface area contributed by atoms with Crippen LogP contribution in [0.15, 0.2) is 29.0 Å². The first-order valence-corrected chi connectivity index (χ1v) is 10.3. The highest BCUT2D eigenvalue weighted by molar-refractivity contribution is 6.58. The molecule has 3 heterocycles. The lowest BCUT2D eigenvalue weighted by Crippen LogP contribution is -2.51. The second kappa shape index (κ2) is 6.71. The number of aromatic nitrogens is 1. The third-order valence-corrected chi connectivity index (χ3v) is 6.76. The summed E-state index contributed by atoms with van der Waals surface area (Å²) in [5.74, 6) is 0. The van der Waals surface area contributed by atoms with Gasteiger partial charge in [0.05, 0.1) is 11.1 Å². The SMILES string of the molecule is CC1=C(C=O)C(C)=[N+]2C1=C(c1c(C)cc(C)cc1C)c1c(C)c(C=O)c(C)n1[B-]2(F)F. The van der Waals surface area contributed by atoms with Crippen molar-refractivity contribution in [1.82, 2.24) is 4.48 Å². The van der Waals surface area contributed by atoms with Gasteiger partial charge in [-0.1, -0.05) is 17.7 Å². The Bertz CT molecular complexity index is 1290. The molecule has 4 rings (SSSR count). The molecule has 0 amide bonds. The van der Waals surface area contributed by atoms with Gasteiger partial charge in [0.1, 0.15) is 5.71 Å². The minimum Gasteiger partial charge on any atom is -0.393 e. The van der Waals surface area contributed by atoms with Crippen LogP contribution in [0.5, 0.6) is 0 Å². The predicted octanol–water partition coefficient (Wildman–Crippen LogP) is 4.84. The average Bonchev–Trinajstić information content (AvgIpc) is 3.08. The maximum absolute atomic E-state index is 16.1. The number of aldehydes is 2. The Morgan fingerprint density at radius 2 is 1.52 bits per heavy atom. The summed E-state index contributed by atoms with van der Waals surface area (Å²) in [6.07, 6.45) is 1.31. The molecular formula is C24H25BF2N2O2. The molecule has 0 unspecified atom stereocenters. The molecule has 0 bridgehead atoms. The molecule has 0 fully saturated rings. The zero-order valence-corrected chi connectivity index (χ0v) is 18.9. The van der Waals surface area contributed by atoms with E-state index >= 15 is 8.63 Å². The summed E-state index contributed by atoms with van der Waals surface area (Å²) in [7, 11) is 0. The van der Waals surface area contributed by atoms with Crippen LogP contribution < -0.4 is 0 Å². The van der Waals surface area contributed by atoms with Gasteiger partial charge in [-0.05, 0) is 69.5 Å². The van der Waals surface area contributed by atoms with E-state index in [1.54, 1.807) is 27.7 Å². The van der Waals surface area contributed by atoms with Crippen LogP contribution in [-0.2, 0) is 4.79 Å². The van der Waals surface area contributed by atoms with Gasteiger partial charge >= 0.3 is 6.97 Å². The van der Waals surface area contributed by atoms with E-state index in [-0.39, 0.29) is 22.5 Å². The predicted molar refractivity (Wildman–Crippen MR) is 119 cm³/mol. The normalized spacial score (nSPS) is 17.3. The molecule has 4 nitrogen and oxygen atoms in total. The third kappa shape index (κ3) is 2.55. The number of fused-ring (bicyclic) bond motifs is 2. The molecule has 0 aliphatic carbocycles. The molecule has 2 aromatic rings. The number of rotatable bonds is 3. The van der Waals surface area contributed by atoms with Crippen molar-refractivity contribution < 1.29 is 22.7 Å². The minimum atomic E-state index is -4.29. The first-order chi connectivity index (χ1) is 14.5. The summed E-state index contributed by atoms with van der Waals surface area (Å²) in [5, 5.41) is 0. The number of hydrogen-bond acceptors (Lipinski definition) is 2. The van der Waals surface area contributed by atoms with Crippen LogP contribution in [-0.4, -0.2) is 34.2 Å². The van der Waals surface area contributed by atoms with Gasteiger partial charge in [0.25, 0.3) is 0 Å². The van der Waals surface area contributed by atoms with Gasteiger partial charge in [-0.2, -0.15) is 0 Å². The molecule has 1 aromatic carbocycles. The van der Waals surface area contributed by atoms with Gasteiger partial charge in [0, 0.05) is 23.8 Å². The summed E-state index contributed by atoms with van der Waals surface area (Å²) in [5.41, 5.74) is 7.30. The Morgan fingerprint density at radius 1 is 0.935 bits per heavy atom. The zero-order chi connectivity index (χ0) is 23.0. The summed E-state index contributed by atoms with van der Waals surface area (Å²) >= 11 is 0. The number of benzene rings is 1. The molecule has 160 valence electrons. The minimum absolute atomic E-state index is 0.233. The first-order valence-electron chi connectivity index (χ1n) is 10.3. The largest absolute Gasteiger partial charge is 0.737 e. The lowest BCUT2D eigenvalue weighted by Gasteiger charge is -2.34. The monoisotopic (exact) mass is 422 g/mol. The lowest BCUT2D eigenvalue weighted by molar-refractivity contribution is -0.363. The number of allylic oxidation sites excluding steroid dienone is 2. The molecule has 0 radical (unpaired) electrons. The number of carbonyl (C=O) groups excluding carboxylic acids is 2. The highest BCUT2D eigenvalue weighted by Gasteiger charge is 2.57. The Hall–Kier alpha value is -3.09. The molecular weight excluding hydrogens is 397 g/mol. The fourth-order valence-electron chi connectivity index (χ4n) is 5.53. The zero-order valence-electron chi connectivity index (χ0n) is 18.9. The van der Waals surface area contributed by atoms with Gasteiger partial charge in [-0.3, -0.25) is 9.59 Å². The average molecular weight is 422 g/mol. The fraction of sp³-hybridized carbons (Fsp3) is 0.292. The van der Waals surface area contributed by atoms with Crippen molar-refractivity contribution in [1.29, 1.82) is 0 Å². The molecule has 0 spiro atoms. The number of nitrogens with zero attached hydrogens (tertiary/aromatic N) is 2. The van der Waals surface area contributed by atoms with Crippen molar-refractivity contribution in [2.75, 3.05) is 0 Å². The number of carbonyl (C=O) groups is 2. The Kier molecular flexibility index (Phi) is 4.58. The van der Waals surface area contributed by atoms with Gasteiger partial charge in [-0.15, -0.1) is 0 Å². The van der Waals surface area contributed by atoms with Crippen LogP contribution in [0, 0.1) is 34.6 Å². The summed E-state index contributed by atoms with van der Waals surface area (Å²) in [6, 6.07) is 4.05. The standard InChI is InChI=1S/C24H25BF2N2O2/c1-12-8-13(2)21(14(3)9-12)22-23-15(4)19(10-30)17(6)28(23)25(26,27)29-18(7)20(11-31)16(5)24(22)29/h8-11H,1-7H3. The van der Waals surface area contributed by atoms with Crippen LogP contribution in [0.1, 0.15) is 63.4 Å². The smallest absolute Gasteiger partial charge is 0.393 e. The highest BCUT2D eigenvalue weighted by atomic mass is 19.2. The van der Waals surface area contributed by atoms with Crippen LogP contribution in [0.25, 0.3) is 5.57 Å². The van der Waals surface area contributed by atoms with Crippen molar-refractivity contribution >= 4 is 30.8 Å². The van der Waals surface area contributed by atoms with E-state index in [1.165, 1.54) is 0 Å². The second-order valence-electron chi connectivity index (χ2n) is 8.66. The van der Waals surface area contributed by atoms with E-state index in [2.05, 4.69) is 0 Å². The molecule has 0 saturated carbocycles. The van der Waals surface area contributed by atoms with Crippen LogP contribution in [0.3, 0.4) is 0 Å². The molecule has 0 atom stereocenters. The third-order valence-electron chi connectivity index (χ3n) is 6.76. The maximum atomic E-state index is 16.1. The van der Waals surface area contributed by atoms with Gasteiger partial charge < -0.3 is 17.6 Å². The topological polar surface area (TPSA) is 42.1 Å². The second-order valence-corrected chi connectivity index (χ2v) is 8.66. The van der Waals surface area contributed by atoms with E-state index in [4.69, 9.17) is 0 Å². The number of halogens is 2. The van der Waals surface area contributed by atoms with Gasteiger partial charge in [0.2, 0.25) is 0 Å². The van der Waals surface area contributed by atoms with Crippen LogP contribution in [0.2, 0.25) is 0 Å². The van der Waals surface area contributed by atoms with Crippen molar-refractivity contribution in [3.63, 3.8) is 0 Å². The first kappa shape index (κ1) is 21.2. The van der Waals surface area contributed by atoms with Crippen molar-refractivity contribution in [3.05, 3.63) is 73.7 Å². The number of hydrogen-bond donors (Lipinski definition) is 0. The quantitative estimate of drug-likeness (QED) is 0.525. The summed E-state index contributed by atoms with van der Waals surface area (Å²) in [4.78, 5) is 23.7. The van der Waals surface area contributed by atoms with Gasteiger partial charge in [-0.25, -0.2) is 0 Å². The van der Waals surface area contributed by atoms with Gasteiger partial charge in [0.15, 0.2) is 18.3 Å². The molecule has 31 heavy (non-hydrogen) atoms. The molecule has 0 N–H and O–H groups in total. The van der Waals surface area contributed by atoms with E-state index in [1.807, 2.05) is 32.9 Å². The van der Waals surface area contributed by atoms with Crippen LogP contribution >= 0.6 is 0 Å². The Morgan fingerprint density at radius 3 is 2.03 bits per heavy atom. The van der Waals surface area contributed by atoms with Crippen molar-refractivity contribution in [3.8, 4) is 0 Å². The van der Waals surface area contributed by atoms with E-state index < -0.39 is 6.97 Å². The molecule has 2 aliphatic heterocycles. The molecule has 2 aliphatic rings. The molecule has 7 heteroatoms. The summed E-state index contributed by atoms with van der Waals surface area (Å²) in [6.45, 7) is 8.18. The van der Waals surface area contributed by atoms with E-state index in [0.717, 1.165) is 31.2 Å².